The standard InChI is InChI=1S/C31H50O4.C25H42O4.C6H10/c1-4-5-6-7-8-9-10-11-12-13-14-15-16-17-18-19-22-35-30(34)31-24-26(3)25(2)23-27(31)28(32)20-21-29(31)33;1-2-3-4-5-6-7-8-9-10-11-12-13-14-15-16-17-20-29-25(28)23-21-22(26)18-19-24(23)27;1-5(2)6(3)4/h20-21,27H,4-19,22-24H2,1-3H3;18-19,21,26-27H,2-17,20H2,1H3;1,3H2,2,4H3/t27?,31-;;/m0../s1. The summed E-state index contributed by atoms with van der Waals surface area (Å²) in [5.41, 5.74) is 2.93. The first-order valence-corrected chi connectivity index (χ1v) is 28.3. The fourth-order valence-electron chi connectivity index (χ4n) is 9.21. The molecule has 2 aliphatic carbocycles. The predicted octanol–water partition coefficient (Wildman–Crippen LogP) is 17.9. The Morgan fingerprint density at radius 3 is 1.31 bits per heavy atom. The van der Waals surface area contributed by atoms with Gasteiger partial charge in [0.25, 0.3) is 0 Å². The van der Waals surface area contributed by atoms with Crippen molar-refractivity contribution in [2.24, 2.45) is 11.3 Å². The zero-order valence-corrected chi connectivity index (χ0v) is 45.7. The van der Waals surface area contributed by atoms with Crippen molar-refractivity contribution in [3.63, 3.8) is 0 Å². The molecule has 0 amide bonds. The Bertz CT molecular complexity index is 1690. The minimum atomic E-state index is -1.34. The third-order valence-electron chi connectivity index (χ3n) is 14.3. The summed E-state index contributed by atoms with van der Waals surface area (Å²) in [4.78, 5) is 50.3. The minimum absolute atomic E-state index is 0.0153. The van der Waals surface area contributed by atoms with E-state index in [0.29, 0.717) is 26.1 Å². The fourth-order valence-corrected chi connectivity index (χ4v) is 9.21. The molecule has 0 radical (unpaired) electrons. The molecule has 2 atom stereocenters. The van der Waals surface area contributed by atoms with Gasteiger partial charge in [0.05, 0.1) is 13.2 Å². The van der Waals surface area contributed by atoms with Crippen molar-refractivity contribution in [1.82, 2.24) is 0 Å². The van der Waals surface area contributed by atoms with E-state index in [0.717, 1.165) is 54.4 Å². The maximum atomic E-state index is 13.1. The molecule has 0 aliphatic heterocycles. The van der Waals surface area contributed by atoms with E-state index in [4.69, 9.17) is 9.47 Å². The van der Waals surface area contributed by atoms with Crippen molar-refractivity contribution in [3.8, 4) is 11.5 Å². The molecule has 0 fully saturated rings. The number of allylic oxidation sites excluding steroid dienone is 6. The molecule has 3 rings (SSSR count). The van der Waals surface area contributed by atoms with Crippen LogP contribution >= 0.6 is 0 Å². The first-order chi connectivity index (χ1) is 33.7. The lowest BCUT2D eigenvalue weighted by Crippen LogP contribution is -2.52. The van der Waals surface area contributed by atoms with Gasteiger partial charge in [0.15, 0.2) is 11.6 Å². The number of unbranched alkanes of at least 4 members (excludes halogenated alkanes) is 30. The highest BCUT2D eigenvalue weighted by Crippen LogP contribution is 2.48. The zero-order chi connectivity index (χ0) is 51.8. The fraction of sp³-hybridized carbons (Fsp3) is 0.710. The number of ether oxygens (including phenoxy) is 2. The van der Waals surface area contributed by atoms with Crippen molar-refractivity contribution in [1.29, 1.82) is 0 Å². The second kappa shape index (κ2) is 40.6. The monoisotopic (exact) mass is 975 g/mol. The smallest absolute Gasteiger partial charge is 0.342 e. The number of esters is 2. The molecule has 1 aromatic rings. The average molecular weight is 975 g/mol. The molecule has 0 aromatic heterocycles. The Hall–Kier alpha value is -3.94. The second-order valence-electron chi connectivity index (χ2n) is 20.7. The van der Waals surface area contributed by atoms with E-state index in [2.05, 4.69) is 27.0 Å². The van der Waals surface area contributed by atoms with Gasteiger partial charge in [-0.3, -0.25) is 14.4 Å². The third kappa shape index (κ3) is 28.2. The van der Waals surface area contributed by atoms with Crippen molar-refractivity contribution < 1.29 is 38.9 Å². The lowest BCUT2D eigenvalue weighted by molar-refractivity contribution is -0.166. The number of carbonyl (C=O) groups is 4. The number of benzene rings is 1. The van der Waals surface area contributed by atoms with Gasteiger partial charge in [0, 0.05) is 5.92 Å². The number of hydrogen-bond acceptors (Lipinski definition) is 8. The number of fused-ring (bicyclic) bond motifs is 1. The highest BCUT2D eigenvalue weighted by Gasteiger charge is 2.57. The number of hydrogen-bond donors (Lipinski definition) is 2. The molecule has 2 N–H and O–H groups in total. The highest BCUT2D eigenvalue weighted by atomic mass is 16.5. The van der Waals surface area contributed by atoms with Crippen LogP contribution in [0.15, 0.2) is 65.8 Å². The largest absolute Gasteiger partial charge is 0.508 e. The molecule has 70 heavy (non-hydrogen) atoms. The number of phenolic OH excluding ortho intramolecular Hbond substituents is 2. The quantitative estimate of drug-likeness (QED) is 0.0169. The molecule has 0 heterocycles. The Labute approximate surface area is 428 Å². The highest BCUT2D eigenvalue weighted by molar-refractivity contribution is 6.18. The number of phenols is 2. The normalized spacial score (nSPS) is 16.2. The van der Waals surface area contributed by atoms with Crippen LogP contribution in [-0.2, 0) is 23.9 Å². The molecular formula is C62H102O8. The van der Waals surface area contributed by atoms with Crippen molar-refractivity contribution in [3.05, 3.63) is 71.4 Å². The first kappa shape index (κ1) is 64.1. The average Bonchev–Trinajstić information content (AvgIpc) is 3.33. The number of carbonyl (C=O) groups excluding carboxylic acids is 4. The number of ketones is 2. The summed E-state index contributed by atoms with van der Waals surface area (Å²) in [6.45, 7) is 20.4. The summed E-state index contributed by atoms with van der Waals surface area (Å²) in [7, 11) is 0. The van der Waals surface area contributed by atoms with Crippen LogP contribution in [-0.4, -0.2) is 46.9 Å². The number of aromatic hydroxyl groups is 2. The predicted molar refractivity (Wildman–Crippen MR) is 292 cm³/mol. The van der Waals surface area contributed by atoms with E-state index >= 15 is 0 Å². The van der Waals surface area contributed by atoms with Crippen LogP contribution in [0, 0.1) is 11.3 Å². The molecular weight excluding hydrogens is 873 g/mol. The van der Waals surface area contributed by atoms with E-state index < -0.39 is 23.3 Å². The van der Waals surface area contributed by atoms with Crippen LogP contribution in [0.2, 0.25) is 0 Å². The van der Waals surface area contributed by atoms with Crippen molar-refractivity contribution in [2.75, 3.05) is 13.2 Å². The lowest BCUT2D eigenvalue weighted by atomic mass is 9.59. The van der Waals surface area contributed by atoms with Crippen LogP contribution < -0.4 is 0 Å². The van der Waals surface area contributed by atoms with Crippen LogP contribution in [0.5, 0.6) is 11.5 Å². The van der Waals surface area contributed by atoms with E-state index in [1.807, 2.05) is 27.7 Å². The molecule has 1 aromatic carbocycles. The van der Waals surface area contributed by atoms with Gasteiger partial charge < -0.3 is 19.7 Å². The lowest BCUT2D eigenvalue weighted by Gasteiger charge is -2.41. The summed E-state index contributed by atoms with van der Waals surface area (Å²) in [6.07, 6.45) is 45.0. The molecule has 8 heteroatoms. The zero-order valence-electron chi connectivity index (χ0n) is 45.7. The Kier molecular flexibility index (Phi) is 37.2. The summed E-state index contributed by atoms with van der Waals surface area (Å²) in [5, 5.41) is 19.0. The van der Waals surface area contributed by atoms with Gasteiger partial charge in [0.1, 0.15) is 22.5 Å². The molecule has 0 saturated heterocycles. The Morgan fingerprint density at radius 1 is 0.557 bits per heavy atom. The Balaban J connectivity index is 0.000000635. The van der Waals surface area contributed by atoms with Gasteiger partial charge >= 0.3 is 11.9 Å². The van der Waals surface area contributed by atoms with Crippen LogP contribution in [0.25, 0.3) is 0 Å². The molecule has 1 unspecified atom stereocenters. The summed E-state index contributed by atoms with van der Waals surface area (Å²) >= 11 is 0. The summed E-state index contributed by atoms with van der Waals surface area (Å²) < 4.78 is 10.8. The maximum absolute atomic E-state index is 13.1. The molecule has 0 spiro atoms. The van der Waals surface area contributed by atoms with Gasteiger partial charge in [-0.25, -0.2) is 4.79 Å². The van der Waals surface area contributed by atoms with Gasteiger partial charge in [-0.1, -0.05) is 242 Å². The third-order valence-corrected chi connectivity index (χ3v) is 14.3. The van der Waals surface area contributed by atoms with E-state index in [9.17, 15) is 29.4 Å². The van der Waals surface area contributed by atoms with E-state index in [1.165, 1.54) is 204 Å². The van der Waals surface area contributed by atoms with E-state index in [1.54, 1.807) is 0 Å². The van der Waals surface area contributed by atoms with Gasteiger partial charge in [-0.15, -0.1) is 0 Å². The SMILES string of the molecule is C=C(C)C(=C)C.CCCCCCCCCCCCCCCCCCOC(=O)[C@@]12CC(C)=C(C)CC1C(=O)C=CC2=O.CCCCCCCCCCCCCCCCCCOC(=O)c1cc(O)ccc1O. The molecule has 398 valence electrons. The molecule has 2 aliphatic rings. The van der Waals surface area contributed by atoms with E-state index in [-0.39, 0.29) is 28.6 Å². The van der Waals surface area contributed by atoms with Crippen LogP contribution in [0.3, 0.4) is 0 Å². The topological polar surface area (TPSA) is 127 Å². The van der Waals surface area contributed by atoms with Gasteiger partial charge in [-0.05, 0) is 83.7 Å². The summed E-state index contributed by atoms with van der Waals surface area (Å²) in [5.74, 6) is -2.32. The molecule has 8 nitrogen and oxygen atoms in total. The molecule has 0 saturated carbocycles. The first-order valence-electron chi connectivity index (χ1n) is 28.3. The van der Waals surface area contributed by atoms with Crippen molar-refractivity contribution >= 4 is 23.5 Å². The van der Waals surface area contributed by atoms with Gasteiger partial charge in [0.2, 0.25) is 0 Å². The van der Waals surface area contributed by atoms with Gasteiger partial charge in [-0.2, -0.15) is 0 Å². The van der Waals surface area contributed by atoms with Crippen LogP contribution in [0.4, 0.5) is 0 Å². The number of rotatable bonds is 37. The second-order valence-corrected chi connectivity index (χ2v) is 20.7. The van der Waals surface area contributed by atoms with Crippen molar-refractivity contribution in [2.45, 2.75) is 260 Å². The molecule has 0 bridgehead atoms. The maximum Gasteiger partial charge on any atom is 0.342 e. The summed E-state index contributed by atoms with van der Waals surface area (Å²) in [6, 6.07) is 3.85. The van der Waals surface area contributed by atoms with Crippen LogP contribution in [0.1, 0.15) is 270 Å². The Morgan fingerprint density at radius 2 is 0.929 bits per heavy atom. The minimum Gasteiger partial charge on any atom is -0.508 e.